The lowest BCUT2D eigenvalue weighted by Crippen LogP contribution is -2.51. The van der Waals surface area contributed by atoms with E-state index in [0.717, 1.165) is 16.7 Å². The fraction of sp³-hybridized carbons (Fsp3) is 0.381. The van der Waals surface area contributed by atoms with Gasteiger partial charge < -0.3 is 35.6 Å². The molecule has 1 aliphatic rings. The lowest BCUT2D eigenvalue weighted by molar-refractivity contribution is -0.229. The van der Waals surface area contributed by atoms with Gasteiger partial charge in [0.25, 0.3) is 0 Å². The van der Waals surface area contributed by atoms with Crippen LogP contribution in [0.2, 0.25) is 0 Å². The molecule has 8 heteroatoms. The van der Waals surface area contributed by atoms with Crippen LogP contribution < -0.4 is 10.5 Å². The van der Waals surface area contributed by atoms with Crippen LogP contribution >= 0.6 is 0 Å². The van der Waals surface area contributed by atoms with Gasteiger partial charge in [-0.05, 0) is 23.3 Å². The van der Waals surface area contributed by atoms with Crippen LogP contribution in [0.1, 0.15) is 18.9 Å². The molecule has 0 aliphatic carbocycles. The highest BCUT2D eigenvalue weighted by atomic mass is 16.7. The zero-order valence-electron chi connectivity index (χ0n) is 16.1. The van der Waals surface area contributed by atoms with Crippen molar-refractivity contribution in [1.82, 2.24) is 0 Å². The molecular weight excluding hydrogens is 378 g/mol. The Hall–Kier alpha value is -2.49. The summed E-state index contributed by atoms with van der Waals surface area (Å²) in [5.41, 5.74) is 6.97. The SMILES string of the molecule is CC(N)=O.OCc1cccc(-c2ccccc2OC2CC(O)C(O)C(CO)O2)c1. The predicted molar refractivity (Wildman–Crippen MR) is 106 cm³/mol. The summed E-state index contributed by atoms with van der Waals surface area (Å²) in [5, 5.41) is 38.3. The van der Waals surface area contributed by atoms with Crippen LogP contribution in [-0.4, -0.2) is 57.5 Å². The van der Waals surface area contributed by atoms with Gasteiger partial charge in [0, 0.05) is 18.9 Å². The summed E-state index contributed by atoms with van der Waals surface area (Å²) < 4.78 is 11.4. The molecule has 4 unspecified atom stereocenters. The molecule has 2 aromatic rings. The zero-order valence-corrected chi connectivity index (χ0v) is 16.1. The van der Waals surface area contributed by atoms with Gasteiger partial charge in [-0.25, -0.2) is 0 Å². The normalized spacial score (nSPS) is 23.6. The van der Waals surface area contributed by atoms with Crippen LogP contribution in [-0.2, 0) is 16.1 Å². The van der Waals surface area contributed by atoms with Gasteiger partial charge in [0.05, 0.1) is 19.3 Å². The minimum absolute atomic E-state index is 0.0507. The first-order valence-corrected chi connectivity index (χ1v) is 9.20. The van der Waals surface area contributed by atoms with Gasteiger partial charge in [-0.1, -0.05) is 36.4 Å². The molecule has 1 fully saturated rings. The minimum atomic E-state index is -1.14. The second kappa shape index (κ2) is 10.9. The lowest BCUT2D eigenvalue weighted by atomic mass is 10.0. The Kier molecular flexibility index (Phi) is 8.56. The number of carbonyl (C=O) groups is 1. The van der Waals surface area contributed by atoms with Crippen molar-refractivity contribution in [2.24, 2.45) is 5.73 Å². The Balaban J connectivity index is 0.000000687. The molecule has 0 aromatic heterocycles. The molecule has 0 saturated carbocycles. The first-order chi connectivity index (χ1) is 13.8. The quantitative estimate of drug-likeness (QED) is 0.489. The van der Waals surface area contributed by atoms with Gasteiger partial charge in [-0.2, -0.15) is 0 Å². The van der Waals surface area contributed by atoms with Crippen molar-refractivity contribution in [2.45, 2.75) is 44.6 Å². The molecule has 1 amide bonds. The summed E-state index contributed by atoms with van der Waals surface area (Å²) in [6, 6.07) is 14.9. The number of primary amides is 1. The van der Waals surface area contributed by atoms with Crippen molar-refractivity contribution < 1.29 is 34.7 Å². The number of carbonyl (C=O) groups excluding carboxylic acids is 1. The first kappa shape index (κ1) is 22.8. The molecule has 1 saturated heterocycles. The molecule has 0 radical (unpaired) electrons. The average Bonchev–Trinajstić information content (AvgIpc) is 2.70. The summed E-state index contributed by atoms with van der Waals surface area (Å²) in [6.45, 7) is 0.850. The van der Waals surface area contributed by atoms with Gasteiger partial charge in [-0.3, -0.25) is 4.79 Å². The molecule has 8 nitrogen and oxygen atoms in total. The molecule has 0 spiro atoms. The maximum Gasteiger partial charge on any atom is 0.214 e. The molecule has 1 heterocycles. The minimum Gasteiger partial charge on any atom is -0.464 e. The van der Waals surface area contributed by atoms with Crippen molar-refractivity contribution in [3.63, 3.8) is 0 Å². The summed E-state index contributed by atoms with van der Waals surface area (Å²) in [6.07, 6.45) is -3.73. The standard InChI is InChI=1S/C19H22O6.C2H5NO/c20-10-12-4-3-5-13(8-12)14-6-1-2-7-16(14)24-18-9-15(22)19(23)17(11-21)25-18;1-2(3)4/h1-8,15,17-23H,9-11H2;1H3,(H2,3,4). The summed E-state index contributed by atoms with van der Waals surface area (Å²) >= 11 is 0. The topological polar surface area (TPSA) is 142 Å². The van der Waals surface area contributed by atoms with E-state index in [1.807, 2.05) is 42.5 Å². The number of benzene rings is 2. The predicted octanol–water partition coefficient (Wildman–Crippen LogP) is 0.545. The number of aliphatic hydroxyl groups excluding tert-OH is 4. The number of rotatable bonds is 5. The summed E-state index contributed by atoms with van der Waals surface area (Å²) in [5.74, 6) is 0.225. The van der Waals surface area contributed by atoms with Crippen LogP contribution in [0, 0.1) is 0 Å². The van der Waals surface area contributed by atoms with Crippen LogP contribution in [0.3, 0.4) is 0 Å². The second-order valence-corrected chi connectivity index (χ2v) is 6.66. The Labute approximate surface area is 169 Å². The van der Waals surface area contributed by atoms with E-state index < -0.39 is 31.2 Å². The number of ether oxygens (including phenoxy) is 2. The number of hydrogen-bond donors (Lipinski definition) is 5. The fourth-order valence-electron chi connectivity index (χ4n) is 2.93. The van der Waals surface area contributed by atoms with E-state index in [9.17, 15) is 25.2 Å². The van der Waals surface area contributed by atoms with Crippen LogP contribution in [0.15, 0.2) is 48.5 Å². The Bertz CT molecular complexity index is 794. The van der Waals surface area contributed by atoms with E-state index in [1.165, 1.54) is 6.92 Å². The van der Waals surface area contributed by atoms with Crippen molar-refractivity contribution in [3.8, 4) is 16.9 Å². The van der Waals surface area contributed by atoms with Gasteiger partial charge >= 0.3 is 0 Å². The van der Waals surface area contributed by atoms with E-state index in [4.69, 9.17) is 9.47 Å². The molecule has 1 aliphatic heterocycles. The summed E-state index contributed by atoms with van der Waals surface area (Å²) in [7, 11) is 0. The van der Waals surface area contributed by atoms with Crippen molar-refractivity contribution >= 4 is 5.91 Å². The van der Waals surface area contributed by atoms with Crippen molar-refractivity contribution in [1.29, 1.82) is 0 Å². The van der Waals surface area contributed by atoms with Crippen LogP contribution in [0.4, 0.5) is 0 Å². The zero-order chi connectivity index (χ0) is 21.4. The van der Waals surface area contributed by atoms with Crippen molar-refractivity contribution in [2.75, 3.05) is 6.61 Å². The number of para-hydroxylation sites is 1. The van der Waals surface area contributed by atoms with Crippen molar-refractivity contribution in [3.05, 3.63) is 54.1 Å². The maximum atomic E-state index is 9.93. The first-order valence-electron chi connectivity index (χ1n) is 9.20. The third kappa shape index (κ3) is 6.52. The Morgan fingerprint density at radius 3 is 2.52 bits per heavy atom. The second-order valence-electron chi connectivity index (χ2n) is 6.66. The highest BCUT2D eigenvalue weighted by Gasteiger charge is 2.37. The molecule has 2 aromatic carbocycles. The summed E-state index contributed by atoms with van der Waals surface area (Å²) in [4.78, 5) is 9.22. The van der Waals surface area contributed by atoms with E-state index in [1.54, 1.807) is 6.07 Å². The Morgan fingerprint density at radius 2 is 1.86 bits per heavy atom. The molecule has 158 valence electrons. The number of amides is 1. The highest BCUT2D eigenvalue weighted by Crippen LogP contribution is 2.33. The van der Waals surface area contributed by atoms with Crippen LogP contribution in [0.5, 0.6) is 5.75 Å². The van der Waals surface area contributed by atoms with Crippen LogP contribution in [0.25, 0.3) is 11.1 Å². The molecular formula is C21H27NO7. The third-order valence-corrected chi connectivity index (χ3v) is 4.28. The molecule has 6 N–H and O–H groups in total. The van der Waals surface area contributed by atoms with E-state index in [2.05, 4.69) is 5.73 Å². The van der Waals surface area contributed by atoms with Gasteiger partial charge in [0.15, 0.2) is 0 Å². The fourth-order valence-corrected chi connectivity index (χ4v) is 2.93. The van der Waals surface area contributed by atoms with Gasteiger partial charge in [0.1, 0.15) is 18.0 Å². The number of nitrogens with two attached hydrogens (primary N) is 1. The van der Waals surface area contributed by atoms with Gasteiger partial charge in [0.2, 0.25) is 12.2 Å². The van der Waals surface area contributed by atoms with E-state index in [-0.39, 0.29) is 18.9 Å². The van der Waals surface area contributed by atoms with Gasteiger partial charge in [-0.15, -0.1) is 0 Å². The molecule has 29 heavy (non-hydrogen) atoms. The van der Waals surface area contributed by atoms with E-state index in [0.29, 0.717) is 5.75 Å². The maximum absolute atomic E-state index is 9.93. The largest absolute Gasteiger partial charge is 0.464 e. The third-order valence-electron chi connectivity index (χ3n) is 4.28. The highest BCUT2D eigenvalue weighted by molar-refractivity contribution is 5.71. The molecule has 0 bridgehead atoms. The average molecular weight is 405 g/mol. The smallest absolute Gasteiger partial charge is 0.214 e. The number of aliphatic hydroxyl groups is 4. The monoisotopic (exact) mass is 405 g/mol. The lowest BCUT2D eigenvalue weighted by Gasteiger charge is -2.36. The van der Waals surface area contributed by atoms with E-state index >= 15 is 0 Å². The number of hydrogen-bond acceptors (Lipinski definition) is 7. The molecule has 4 atom stereocenters. The molecule has 3 rings (SSSR count). The Morgan fingerprint density at radius 1 is 1.17 bits per heavy atom.